The van der Waals surface area contributed by atoms with E-state index < -0.39 is 10.0 Å². The quantitative estimate of drug-likeness (QED) is 0.896. The molecule has 1 fully saturated rings. The average molecular weight is 352 g/mol. The van der Waals surface area contributed by atoms with Crippen molar-refractivity contribution in [1.29, 1.82) is 0 Å². The van der Waals surface area contributed by atoms with Gasteiger partial charge in [0.1, 0.15) is 0 Å². The third-order valence-electron chi connectivity index (χ3n) is 4.86. The number of hydrogen-bond donors (Lipinski definition) is 1. The maximum Gasteiger partial charge on any atom is 0.240 e. The lowest BCUT2D eigenvalue weighted by Crippen LogP contribution is -2.40. The van der Waals surface area contributed by atoms with Crippen molar-refractivity contribution in [1.82, 2.24) is 4.72 Å². The fourth-order valence-corrected chi connectivity index (χ4v) is 4.43. The molecule has 0 aromatic heterocycles. The van der Waals surface area contributed by atoms with Crippen molar-refractivity contribution in [3.05, 3.63) is 23.8 Å². The van der Waals surface area contributed by atoms with E-state index in [4.69, 9.17) is 4.74 Å². The Morgan fingerprint density at radius 1 is 1.38 bits per heavy atom. The Balaban J connectivity index is 1.88. The summed E-state index contributed by atoms with van der Waals surface area (Å²) in [5, 5.41) is 0. The highest BCUT2D eigenvalue weighted by atomic mass is 32.2. The molecule has 1 saturated heterocycles. The highest BCUT2D eigenvalue weighted by molar-refractivity contribution is 7.89. The second kappa shape index (κ2) is 6.13. The van der Waals surface area contributed by atoms with E-state index in [2.05, 4.69) is 4.72 Å². The molecule has 2 aliphatic rings. The molecule has 7 heteroatoms. The first-order valence-corrected chi connectivity index (χ1v) is 9.71. The number of carbonyl (C=O) groups excluding carboxylic acids is 1. The Kier molecular flexibility index (Phi) is 4.44. The van der Waals surface area contributed by atoms with Gasteiger partial charge in [0.15, 0.2) is 0 Å². The summed E-state index contributed by atoms with van der Waals surface area (Å²) >= 11 is 0. The molecule has 3 rings (SSSR count). The van der Waals surface area contributed by atoms with Crippen molar-refractivity contribution in [2.75, 3.05) is 25.1 Å². The van der Waals surface area contributed by atoms with Crippen LogP contribution in [0.3, 0.4) is 0 Å². The lowest BCUT2D eigenvalue weighted by Gasteiger charge is -2.37. The lowest BCUT2D eigenvalue weighted by atomic mass is 9.77. The van der Waals surface area contributed by atoms with Gasteiger partial charge in [0.2, 0.25) is 15.9 Å². The number of sulfonamides is 1. The number of benzene rings is 1. The van der Waals surface area contributed by atoms with Gasteiger partial charge < -0.3 is 9.64 Å². The number of nitrogens with zero attached hydrogens (tertiary/aromatic N) is 1. The van der Waals surface area contributed by atoms with E-state index in [1.807, 2.05) is 13.8 Å². The predicted octanol–water partition coefficient (Wildman–Crippen LogP) is 1.79. The molecule has 2 heterocycles. The van der Waals surface area contributed by atoms with E-state index in [-0.39, 0.29) is 22.3 Å². The zero-order valence-electron chi connectivity index (χ0n) is 14.3. The number of ether oxygens (including phenoxy) is 1. The first-order chi connectivity index (χ1) is 11.2. The number of rotatable bonds is 4. The molecular weight excluding hydrogens is 328 g/mol. The first kappa shape index (κ1) is 17.4. The Hall–Kier alpha value is -1.44. The van der Waals surface area contributed by atoms with Gasteiger partial charge in [0, 0.05) is 37.7 Å². The molecule has 1 aromatic carbocycles. The Morgan fingerprint density at radius 2 is 2.12 bits per heavy atom. The molecule has 1 amide bonds. The highest BCUT2D eigenvalue weighted by Crippen LogP contribution is 2.40. The highest BCUT2D eigenvalue weighted by Gasteiger charge is 2.36. The number of hydrogen-bond acceptors (Lipinski definition) is 4. The van der Waals surface area contributed by atoms with Crippen molar-refractivity contribution in [3.8, 4) is 0 Å². The topological polar surface area (TPSA) is 75.7 Å². The molecule has 1 aromatic rings. The number of anilines is 1. The van der Waals surface area contributed by atoms with E-state index in [0.29, 0.717) is 19.6 Å². The molecule has 6 nitrogen and oxygen atoms in total. The Labute approximate surface area is 143 Å². The van der Waals surface area contributed by atoms with Gasteiger partial charge in [0.05, 0.1) is 11.0 Å². The molecule has 132 valence electrons. The normalized spacial score (nSPS) is 23.4. The van der Waals surface area contributed by atoms with E-state index in [9.17, 15) is 13.2 Å². The van der Waals surface area contributed by atoms with Crippen LogP contribution in [0.25, 0.3) is 0 Å². The van der Waals surface area contributed by atoms with Crippen LogP contribution in [0.5, 0.6) is 0 Å². The third-order valence-corrected chi connectivity index (χ3v) is 6.28. The molecule has 0 radical (unpaired) electrons. The van der Waals surface area contributed by atoms with Gasteiger partial charge in [-0.25, -0.2) is 13.1 Å². The fraction of sp³-hybridized carbons (Fsp3) is 0.588. The maximum absolute atomic E-state index is 12.6. The van der Waals surface area contributed by atoms with Crippen molar-refractivity contribution < 1.29 is 17.9 Å². The van der Waals surface area contributed by atoms with Crippen LogP contribution in [0.2, 0.25) is 0 Å². The largest absolute Gasteiger partial charge is 0.377 e. The summed E-state index contributed by atoms with van der Waals surface area (Å²) in [6, 6.07) is 4.97. The van der Waals surface area contributed by atoms with Crippen LogP contribution < -0.4 is 9.62 Å². The summed E-state index contributed by atoms with van der Waals surface area (Å²) in [6.45, 7) is 4.92. The summed E-state index contributed by atoms with van der Waals surface area (Å²) < 4.78 is 33.3. The molecule has 0 saturated carbocycles. The second-order valence-corrected chi connectivity index (χ2v) is 8.95. The van der Waals surface area contributed by atoms with E-state index in [1.54, 1.807) is 30.1 Å². The van der Waals surface area contributed by atoms with Gasteiger partial charge in [0.25, 0.3) is 0 Å². The van der Waals surface area contributed by atoms with Crippen molar-refractivity contribution in [2.24, 2.45) is 0 Å². The van der Waals surface area contributed by atoms with E-state index in [1.165, 1.54) is 0 Å². The predicted molar refractivity (Wildman–Crippen MR) is 91.7 cm³/mol. The van der Waals surface area contributed by atoms with Crippen molar-refractivity contribution in [3.63, 3.8) is 0 Å². The Bertz CT molecular complexity index is 752. The number of fused-ring (bicyclic) bond motifs is 1. The molecule has 0 aliphatic carbocycles. The SMILES string of the molecule is CN1C(=O)CC(C)(C)c2cc(S(=O)(=O)NCC3CCCO3)ccc21. The molecule has 1 unspecified atom stereocenters. The van der Waals surface area contributed by atoms with E-state index >= 15 is 0 Å². The van der Waals surface area contributed by atoms with Crippen LogP contribution in [0.15, 0.2) is 23.1 Å². The maximum atomic E-state index is 12.6. The summed E-state index contributed by atoms with van der Waals surface area (Å²) in [5.41, 5.74) is 1.26. The minimum atomic E-state index is -3.60. The van der Waals surface area contributed by atoms with Crippen LogP contribution in [0.4, 0.5) is 5.69 Å². The Morgan fingerprint density at radius 3 is 2.79 bits per heavy atom. The van der Waals surface area contributed by atoms with Gasteiger partial charge in [-0.2, -0.15) is 0 Å². The van der Waals surface area contributed by atoms with Crippen LogP contribution >= 0.6 is 0 Å². The second-order valence-electron chi connectivity index (χ2n) is 7.18. The van der Waals surface area contributed by atoms with Crippen molar-refractivity contribution in [2.45, 2.75) is 49.5 Å². The molecule has 1 N–H and O–H groups in total. The summed E-state index contributed by atoms with van der Waals surface area (Å²) in [6.07, 6.45) is 2.17. The zero-order valence-corrected chi connectivity index (χ0v) is 15.1. The first-order valence-electron chi connectivity index (χ1n) is 8.23. The van der Waals surface area contributed by atoms with Crippen LogP contribution in [0, 0.1) is 0 Å². The fourth-order valence-electron chi connectivity index (χ4n) is 3.33. The molecule has 24 heavy (non-hydrogen) atoms. The monoisotopic (exact) mass is 352 g/mol. The number of nitrogens with one attached hydrogen (secondary N) is 1. The molecule has 2 aliphatic heterocycles. The molecule has 0 bridgehead atoms. The van der Waals surface area contributed by atoms with Gasteiger partial charge in [-0.1, -0.05) is 13.8 Å². The van der Waals surface area contributed by atoms with Crippen molar-refractivity contribution >= 4 is 21.6 Å². The average Bonchev–Trinajstić information content (AvgIpc) is 3.03. The minimum absolute atomic E-state index is 0.0413. The number of amides is 1. The van der Waals surface area contributed by atoms with Crippen LogP contribution in [-0.2, 0) is 25.0 Å². The minimum Gasteiger partial charge on any atom is -0.377 e. The van der Waals surface area contributed by atoms with Crippen LogP contribution in [-0.4, -0.2) is 40.6 Å². The third kappa shape index (κ3) is 3.20. The van der Waals surface area contributed by atoms with Gasteiger partial charge in [-0.15, -0.1) is 0 Å². The lowest BCUT2D eigenvalue weighted by molar-refractivity contribution is -0.119. The van der Waals surface area contributed by atoms with Crippen LogP contribution in [0.1, 0.15) is 38.7 Å². The van der Waals surface area contributed by atoms with Gasteiger partial charge in [-0.3, -0.25) is 4.79 Å². The molecule has 0 spiro atoms. The van der Waals surface area contributed by atoms with Gasteiger partial charge >= 0.3 is 0 Å². The van der Waals surface area contributed by atoms with Gasteiger partial charge in [-0.05, 0) is 36.6 Å². The number of carbonyl (C=O) groups is 1. The zero-order chi connectivity index (χ0) is 17.5. The smallest absolute Gasteiger partial charge is 0.240 e. The summed E-state index contributed by atoms with van der Waals surface area (Å²) in [7, 11) is -1.87. The van der Waals surface area contributed by atoms with E-state index in [0.717, 1.165) is 24.1 Å². The summed E-state index contributed by atoms with van der Waals surface area (Å²) in [4.78, 5) is 13.9. The summed E-state index contributed by atoms with van der Waals surface area (Å²) in [5.74, 6) is 0.0413. The molecular formula is C17H24N2O4S. The molecule has 1 atom stereocenters. The standard InChI is InChI=1S/C17H24N2O4S/c1-17(2)10-16(20)19(3)15-7-6-13(9-14(15)17)24(21,22)18-11-12-5-4-8-23-12/h6-7,9,12,18H,4-5,8,10-11H2,1-3H3.